The van der Waals surface area contributed by atoms with E-state index in [1.807, 2.05) is 0 Å². The Morgan fingerprint density at radius 1 is 1.77 bits per heavy atom. The summed E-state index contributed by atoms with van der Waals surface area (Å²) in [7, 11) is 0. The summed E-state index contributed by atoms with van der Waals surface area (Å²) in [6.45, 7) is 0.812. The van der Waals surface area contributed by atoms with Crippen molar-refractivity contribution in [3.63, 3.8) is 0 Å². The van der Waals surface area contributed by atoms with Gasteiger partial charge in [-0.25, -0.2) is 4.79 Å². The van der Waals surface area contributed by atoms with Gasteiger partial charge in [-0.3, -0.25) is 0 Å². The number of aromatic carboxylic acids is 1. The van der Waals surface area contributed by atoms with E-state index in [1.165, 1.54) is 6.26 Å². The predicted octanol–water partition coefficient (Wildman–Crippen LogP) is 0.701. The van der Waals surface area contributed by atoms with E-state index >= 15 is 0 Å². The van der Waals surface area contributed by atoms with Crippen LogP contribution in [0.4, 0.5) is 0 Å². The minimum absolute atomic E-state index is 0.0375. The van der Waals surface area contributed by atoms with Gasteiger partial charge in [0.05, 0.1) is 12.8 Å². The summed E-state index contributed by atoms with van der Waals surface area (Å²) in [4.78, 5) is 10.6. The van der Waals surface area contributed by atoms with E-state index in [0.717, 1.165) is 0 Å². The number of carboxylic acids is 1. The van der Waals surface area contributed by atoms with Crippen LogP contribution < -0.4 is 5.32 Å². The second-order valence-corrected chi connectivity index (χ2v) is 2.39. The monoisotopic (exact) mass is 179 g/mol. The van der Waals surface area contributed by atoms with Crippen molar-refractivity contribution in [2.45, 2.75) is 6.54 Å². The molecule has 0 aromatic carbocycles. The number of carbonyl (C=O) groups is 1. The fourth-order valence-corrected chi connectivity index (χ4v) is 0.932. The summed E-state index contributed by atoms with van der Waals surface area (Å²) < 4.78 is 4.77. The van der Waals surface area contributed by atoms with Crippen LogP contribution in [-0.4, -0.2) is 17.6 Å². The molecule has 1 heterocycles. The summed E-state index contributed by atoms with van der Waals surface area (Å²) in [5, 5.41) is 11.5. The third-order valence-electron chi connectivity index (χ3n) is 1.48. The first-order chi connectivity index (χ1) is 6.25. The second kappa shape index (κ2) is 4.33. The molecule has 0 radical (unpaired) electrons. The van der Waals surface area contributed by atoms with Gasteiger partial charge in [0.2, 0.25) is 5.76 Å². The molecule has 0 aliphatic rings. The highest BCUT2D eigenvalue weighted by molar-refractivity contribution is 5.86. The maximum absolute atomic E-state index is 10.6. The first-order valence-electron chi connectivity index (χ1n) is 3.69. The normalized spacial score (nSPS) is 9.46. The molecule has 68 valence electrons. The quantitative estimate of drug-likeness (QED) is 0.527. The van der Waals surface area contributed by atoms with E-state index in [-0.39, 0.29) is 5.76 Å². The van der Waals surface area contributed by atoms with Crippen molar-refractivity contribution in [2.75, 3.05) is 6.54 Å². The van der Waals surface area contributed by atoms with Gasteiger partial charge in [-0.15, -0.1) is 6.42 Å². The molecule has 2 N–H and O–H groups in total. The van der Waals surface area contributed by atoms with Crippen molar-refractivity contribution in [1.29, 1.82) is 0 Å². The van der Waals surface area contributed by atoms with Gasteiger partial charge in [-0.1, -0.05) is 5.92 Å². The molecular formula is C9H9NO3. The molecule has 0 saturated heterocycles. The molecular weight excluding hydrogens is 170 g/mol. The van der Waals surface area contributed by atoms with Crippen LogP contribution in [0.2, 0.25) is 0 Å². The molecule has 4 heteroatoms. The van der Waals surface area contributed by atoms with Crippen LogP contribution in [0.1, 0.15) is 16.1 Å². The number of carboxylic acid groups (broad SMARTS) is 1. The van der Waals surface area contributed by atoms with Gasteiger partial charge in [0.15, 0.2) is 0 Å². The Morgan fingerprint density at radius 2 is 2.54 bits per heavy atom. The van der Waals surface area contributed by atoms with Crippen molar-refractivity contribution < 1.29 is 14.3 Å². The van der Waals surface area contributed by atoms with Crippen molar-refractivity contribution in [3.05, 3.63) is 23.7 Å². The highest BCUT2D eigenvalue weighted by Crippen LogP contribution is 2.09. The van der Waals surface area contributed by atoms with Gasteiger partial charge >= 0.3 is 5.97 Å². The number of hydrogen-bond donors (Lipinski definition) is 2. The van der Waals surface area contributed by atoms with Crippen molar-refractivity contribution in [3.8, 4) is 12.3 Å². The molecule has 0 aliphatic heterocycles. The van der Waals surface area contributed by atoms with Crippen molar-refractivity contribution in [1.82, 2.24) is 5.32 Å². The zero-order valence-corrected chi connectivity index (χ0v) is 6.91. The van der Waals surface area contributed by atoms with E-state index in [0.29, 0.717) is 18.7 Å². The Hall–Kier alpha value is -1.73. The Kier molecular flexibility index (Phi) is 3.12. The van der Waals surface area contributed by atoms with Crippen LogP contribution >= 0.6 is 0 Å². The molecule has 0 fully saturated rings. The lowest BCUT2D eigenvalue weighted by Gasteiger charge is -1.98. The molecule has 1 rings (SSSR count). The SMILES string of the molecule is C#CCNCc1ccoc1C(=O)O. The summed E-state index contributed by atoms with van der Waals surface area (Å²) in [6.07, 6.45) is 6.36. The number of nitrogens with one attached hydrogen (secondary N) is 1. The van der Waals surface area contributed by atoms with E-state index in [4.69, 9.17) is 15.9 Å². The minimum Gasteiger partial charge on any atom is -0.475 e. The molecule has 13 heavy (non-hydrogen) atoms. The molecule has 0 spiro atoms. The third kappa shape index (κ3) is 2.36. The van der Waals surface area contributed by atoms with Crippen LogP contribution in [-0.2, 0) is 6.54 Å². The maximum atomic E-state index is 10.6. The highest BCUT2D eigenvalue weighted by Gasteiger charge is 2.12. The lowest BCUT2D eigenvalue weighted by Crippen LogP contribution is -2.14. The molecule has 1 aromatic heterocycles. The summed E-state index contributed by atoms with van der Waals surface area (Å²) in [5.41, 5.74) is 0.600. The van der Waals surface area contributed by atoms with Crippen LogP contribution in [0.25, 0.3) is 0 Å². The zero-order chi connectivity index (χ0) is 9.68. The number of hydrogen-bond acceptors (Lipinski definition) is 3. The summed E-state index contributed by atoms with van der Waals surface area (Å²) in [5.74, 6) is 1.29. The van der Waals surface area contributed by atoms with E-state index in [2.05, 4.69) is 11.2 Å². The fourth-order valence-electron chi connectivity index (χ4n) is 0.932. The molecule has 0 atom stereocenters. The van der Waals surface area contributed by atoms with Crippen LogP contribution in [0.5, 0.6) is 0 Å². The summed E-state index contributed by atoms with van der Waals surface area (Å²) in [6, 6.07) is 1.60. The Morgan fingerprint density at radius 3 is 3.15 bits per heavy atom. The molecule has 0 saturated carbocycles. The smallest absolute Gasteiger partial charge is 0.372 e. The fraction of sp³-hybridized carbons (Fsp3) is 0.222. The van der Waals surface area contributed by atoms with Crippen LogP contribution in [0, 0.1) is 12.3 Å². The second-order valence-electron chi connectivity index (χ2n) is 2.39. The van der Waals surface area contributed by atoms with Gasteiger partial charge < -0.3 is 14.8 Å². The Labute approximate surface area is 75.6 Å². The average molecular weight is 179 g/mol. The predicted molar refractivity (Wildman–Crippen MR) is 46.2 cm³/mol. The van der Waals surface area contributed by atoms with E-state index in [9.17, 15) is 4.79 Å². The number of furan rings is 1. The highest BCUT2D eigenvalue weighted by atomic mass is 16.4. The van der Waals surface area contributed by atoms with Gasteiger partial charge in [0, 0.05) is 12.1 Å². The molecule has 0 bridgehead atoms. The summed E-state index contributed by atoms with van der Waals surface area (Å²) >= 11 is 0. The minimum atomic E-state index is -1.07. The number of rotatable bonds is 4. The van der Waals surface area contributed by atoms with E-state index < -0.39 is 5.97 Å². The Balaban J connectivity index is 2.61. The molecule has 4 nitrogen and oxygen atoms in total. The zero-order valence-electron chi connectivity index (χ0n) is 6.91. The lowest BCUT2D eigenvalue weighted by atomic mass is 10.2. The van der Waals surface area contributed by atoms with Crippen molar-refractivity contribution in [2.24, 2.45) is 0 Å². The standard InChI is InChI=1S/C9H9NO3/c1-2-4-10-6-7-3-5-13-8(7)9(11)12/h1,3,5,10H,4,6H2,(H,11,12). The van der Waals surface area contributed by atoms with Crippen LogP contribution in [0.15, 0.2) is 16.7 Å². The average Bonchev–Trinajstić information content (AvgIpc) is 2.53. The van der Waals surface area contributed by atoms with Gasteiger partial charge in [0.25, 0.3) is 0 Å². The van der Waals surface area contributed by atoms with Crippen molar-refractivity contribution >= 4 is 5.97 Å². The molecule has 0 unspecified atom stereocenters. The van der Waals surface area contributed by atoms with Gasteiger partial charge in [0.1, 0.15) is 0 Å². The lowest BCUT2D eigenvalue weighted by molar-refractivity contribution is 0.0660. The maximum Gasteiger partial charge on any atom is 0.372 e. The van der Waals surface area contributed by atoms with Gasteiger partial charge in [-0.2, -0.15) is 0 Å². The van der Waals surface area contributed by atoms with E-state index in [1.54, 1.807) is 6.07 Å². The third-order valence-corrected chi connectivity index (χ3v) is 1.48. The largest absolute Gasteiger partial charge is 0.475 e. The molecule has 0 aliphatic carbocycles. The Bertz CT molecular complexity index is 335. The van der Waals surface area contributed by atoms with Gasteiger partial charge in [-0.05, 0) is 6.07 Å². The first kappa shape index (κ1) is 9.36. The number of terminal acetylenes is 1. The first-order valence-corrected chi connectivity index (χ1v) is 3.69. The molecule has 0 amide bonds. The van der Waals surface area contributed by atoms with Crippen LogP contribution in [0.3, 0.4) is 0 Å². The topological polar surface area (TPSA) is 62.5 Å². The molecule has 1 aromatic rings.